The van der Waals surface area contributed by atoms with Crippen LogP contribution in [0.4, 0.5) is 0 Å². The van der Waals surface area contributed by atoms with Crippen LogP contribution in [0, 0.1) is 0 Å². The van der Waals surface area contributed by atoms with Gasteiger partial charge in [-0.15, -0.1) is 0 Å². The monoisotopic (exact) mass is 198 g/mol. The minimum absolute atomic E-state index is 0.312. The number of esters is 1. The summed E-state index contributed by atoms with van der Waals surface area (Å²) < 4.78 is 36.0. The molecule has 0 aromatic rings. The Morgan fingerprint density at radius 3 is 1.58 bits per heavy atom. The Kier molecular flexibility index (Phi) is 6.48. The smallest absolute Gasteiger partial charge is 0.394 e. The first-order valence-electron chi connectivity index (χ1n) is 2.66. The maximum Gasteiger partial charge on any atom is 0.394 e. The number of rotatable bonds is 1. The van der Waals surface area contributed by atoms with Crippen molar-refractivity contribution in [3.05, 3.63) is 12.3 Å². The van der Waals surface area contributed by atoms with Gasteiger partial charge >= 0.3 is 16.4 Å². The van der Waals surface area contributed by atoms with Crippen LogP contribution in [0.3, 0.4) is 0 Å². The second kappa shape index (κ2) is 5.70. The highest BCUT2D eigenvalue weighted by molar-refractivity contribution is 7.79. The first kappa shape index (κ1) is 13.7. The molecule has 0 aliphatic heterocycles. The molecule has 0 unspecified atom stereocenters. The lowest BCUT2D eigenvalue weighted by molar-refractivity contribution is -0.136. The topological polar surface area (TPSA) is 101 Å². The van der Waals surface area contributed by atoms with Crippen LogP contribution in [0.5, 0.6) is 0 Å². The molecule has 0 bridgehead atoms. The molecule has 0 amide bonds. The van der Waals surface area contributed by atoms with Gasteiger partial charge in [-0.1, -0.05) is 6.58 Å². The van der Waals surface area contributed by atoms with Crippen molar-refractivity contribution in [2.75, 3.05) is 0 Å². The molecule has 0 saturated carbocycles. The molecule has 72 valence electrons. The molecular weight excluding hydrogens is 188 g/mol. The summed E-state index contributed by atoms with van der Waals surface area (Å²) in [5, 5.41) is 0. The Balaban J connectivity index is 0. The molecule has 0 radical (unpaired) electrons. The Morgan fingerprint density at radius 1 is 1.33 bits per heavy atom. The highest BCUT2D eigenvalue weighted by Crippen LogP contribution is 1.87. The fourth-order valence-corrected chi connectivity index (χ4v) is 0.245. The van der Waals surface area contributed by atoms with Crippen molar-refractivity contribution in [3.63, 3.8) is 0 Å². The van der Waals surface area contributed by atoms with Crippen molar-refractivity contribution in [2.45, 2.75) is 13.8 Å². The maximum absolute atomic E-state index is 9.97. The zero-order valence-corrected chi connectivity index (χ0v) is 7.46. The highest BCUT2D eigenvalue weighted by Gasteiger charge is 1.87. The second-order valence-corrected chi connectivity index (χ2v) is 2.64. The molecule has 6 nitrogen and oxygen atoms in total. The van der Waals surface area contributed by atoms with E-state index in [0.29, 0.717) is 5.76 Å². The van der Waals surface area contributed by atoms with E-state index in [9.17, 15) is 4.79 Å². The van der Waals surface area contributed by atoms with Crippen molar-refractivity contribution >= 4 is 16.4 Å². The average Bonchev–Trinajstić information content (AvgIpc) is 1.52. The Bertz CT molecular complexity index is 231. The van der Waals surface area contributed by atoms with Crippen LogP contribution in [0.2, 0.25) is 0 Å². The van der Waals surface area contributed by atoms with Crippen LogP contribution >= 0.6 is 0 Å². The Labute approximate surface area is 70.4 Å². The van der Waals surface area contributed by atoms with Crippen LogP contribution < -0.4 is 0 Å². The maximum atomic E-state index is 9.97. The number of hydrogen-bond acceptors (Lipinski definition) is 4. The van der Waals surface area contributed by atoms with Crippen molar-refractivity contribution in [1.82, 2.24) is 0 Å². The number of ether oxygens (including phenoxy) is 1. The van der Waals surface area contributed by atoms with E-state index in [0.717, 1.165) is 0 Å². The van der Waals surface area contributed by atoms with Gasteiger partial charge in [-0.3, -0.25) is 13.9 Å². The summed E-state index contributed by atoms with van der Waals surface area (Å²) >= 11 is 0. The third kappa shape index (κ3) is 62.5. The lowest BCUT2D eigenvalue weighted by atomic mass is 10.6. The lowest BCUT2D eigenvalue weighted by Gasteiger charge is -1.93. The van der Waals surface area contributed by atoms with Crippen LogP contribution in [-0.2, 0) is 19.9 Å². The first-order valence-corrected chi connectivity index (χ1v) is 4.06. The Hall–Kier alpha value is -0.920. The zero-order valence-electron chi connectivity index (χ0n) is 6.64. The predicted molar refractivity (Wildman–Crippen MR) is 40.8 cm³/mol. The molecule has 0 heterocycles. The predicted octanol–water partition coefficient (Wildman–Crippen LogP) is 0.430. The zero-order chi connectivity index (χ0) is 10.4. The largest absolute Gasteiger partial charge is 0.432 e. The molecule has 0 saturated heterocycles. The third-order valence-electron chi connectivity index (χ3n) is 0.318. The van der Waals surface area contributed by atoms with Crippen molar-refractivity contribution in [1.29, 1.82) is 0 Å². The van der Waals surface area contributed by atoms with E-state index >= 15 is 0 Å². The molecule has 0 rings (SSSR count). The van der Waals surface area contributed by atoms with Crippen molar-refractivity contribution < 1.29 is 27.1 Å². The van der Waals surface area contributed by atoms with Gasteiger partial charge in [0.2, 0.25) is 0 Å². The summed E-state index contributed by atoms with van der Waals surface area (Å²) in [6.07, 6.45) is 0. The molecular formula is C5H10O6S. The SMILES string of the molecule is C=C(C)OC(C)=O.O=S(=O)(O)O. The number of allylic oxidation sites excluding steroid dienone is 1. The quantitative estimate of drug-likeness (QED) is 0.360. The van der Waals surface area contributed by atoms with E-state index in [4.69, 9.17) is 17.5 Å². The van der Waals surface area contributed by atoms with E-state index in [1.165, 1.54) is 6.92 Å². The van der Waals surface area contributed by atoms with Gasteiger partial charge in [0, 0.05) is 6.92 Å². The fourth-order valence-electron chi connectivity index (χ4n) is 0.245. The van der Waals surface area contributed by atoms with E-state index in [-0.39, 0.29) is 5.97 Å². The Morgan fingerprint density at radius 2 is 1.58 bits per heavy atom. The molecule has 2 N–H and O–H groups in total. The molecule has 0 aliphatic carbocycles. The lowest BCUT2D eigenvalue weighted by Crippen LogP contribution is -1.93. The van der Waals surface area contributed by atoms with E-state index in [1.54, 1.807) is 6.92 Å². The number of carbonyl (C=O) groups excluding carboxylic acids is 1. The number of carbonyl (C=O) groups is 1. The fraction of sp³-hybridized carbons (Fsp3) is 0.400. The minimum Gasteiger partial charge on any atom is -0.432 e. The van der Waals surface area contributed by atoms with E-state index in [1.807, 2.05) is 0 Å². The van der Waals surface area contributed by atoms with Gasteiger partial charge in [-0.25, -0.2) is 0 Å². The first-order chi connectivity index (χ1) is 5.13. The summed E-state index contributed by atoms with van der Waals surface area (Å²) in [5.74, 6) is 0.125. The molecule has 0 spiro atoms. The van der Waals surface area contributed by atoms with Crippen LogP contribution in [0.1, 0.15) is 13.8 Å². The van der Waals surface area contributed by atoms with Gasteiger partial charge in [-0.05, 0) is 6.92 Å². The molecule has 0 aromatic heterocycles. The van der Waals surface area contributed by atoms with E-state index < -0.39 is 10.4 Å². The second-order valence-electron chi connectivity index (χ2n) is 1.74. The summed E-state index contributed by atoms with van der Waals surface area (Å²) in [6.45, 7) is 6.32. The van der Waals surface area contributed by atoms with E-state index in [2.05, 4.69) is 11.3 Å². The molecule has 0 aromatic carbocycles. The molecule has 12 heavy (non-hydrogen) atoms. The minimum atomic E-state index is -4.67. The average molecular weight is 198 g/mol. The normalized spacial score (nSPS) is 9.33. The summed E-state index contributed by atoms with van der Waals surface area (Å²) in [7, 11) is -4.67. The summed E-state index contributed by atoms with van der Waals surface area (Å²) in [6, 6.07) is 0. The summed E-state index contributed by atoms with van der Waals surface area (Å²) in [5.41, 5.74) is 0. The van der Waals surface area contributed by atoms with Gasteiger partial charge in [0.05, 0.1) is 5.76 Å². The molecule has 0 fully saturated rings. The number of hydrogen-bond donors (Lipinski definition) is 2. The van der Waals surface area contributed by atoms with Crippen LogP contribution in [-0.4, -0.2) is 23.5 Å². The van der Waals surface area contributed by atoms with Crippen LogP contribution in [0.15, 0.2) is 12.3 Å². The van der Waals surface area contributed by atoms with Gasteiger partial charge < -0.3 is 4.74 Å². The van der Waals surface area contributed by atoms with Crippen LogP contribution in [0.25, 0.3) is 0 Å². The molecule has 7 heteroatoms. The standard InChI is InChI=1S/C5H8O2.H2O4S/c1-4(2)7-5(3)6;1-5(2,3)4/h1H2,2-3H3;(H2,1,2,3,4). The van der Waals surface area contributed by atoms with Gasteiger partial charge in [0.25, 0.3) is 0 Å². The molecule has 0 atom stereocenters. The summed E-state index contributed by atoms with van der Waals surface area (Å²) in [4.78, 5) is 9.97. The van der Waals surface area contributed by atoms with Crippen molar-refractivity contribution in [2.24, 2.45) is 0 Å². The van der Waals surface area contributed by atoms with Gasteiger partial charge in [-0.2, -0.15) is 8.42 Å². The molecule has 0 aliphatic rings. The third-order valence-corrected chi connectivity index (χ3v) is 0.318. The van der Waals surface area contributed by atoms with Crippen molar-refractivity contribution in [3.8, 4) is 0 Å². The highest BCUT2D eigenvalue weighted by atomic mass is 32.3. The van der Waals surface area contributed by atoms with Gasteiger partial charge in [0.1, 0.15) is 0 Å². The van der Waals surface area contributed by atoms with Gasteiger partial charge in [0.15, 0.2) is 0 Å².